The number of rotatable bonds is 4. The molecule has 1 heterocycles. The van der Waals surface area contributed by atoms with Crippen LogP contribution in [0.15, 0.2) is 30.3 Å². The highest BCUT2D eigenvalue weighted by Gasteiger charge is 2.22. The zero-order valence-electron chi connectivity index (χ0n) is 11.1. The number of carbonyl (C=O) groups is 1. The van der Waals surface area contributed by atoms with Gasteiger partial charge in [0.05, 0.1) is 17.2 Å². The van der Waals surface area contributed by atoms with Gasteiger partial charge in [0.1, 0.15) is 5.69 Å². The first kappa shape index (κ1) is 13.7. The molecular formula is C13H13N3O4. The average Bonchev–Trinajstić information content (AvgIpc) is 2.81. The molecule has 0 aliphatic heterocycles. The fourth-order valence-corrected chi connectivity index (χ4v) is 1.83. The lowest BCUT2D eigenvalue weighted by Gasteiger charge is -2.07. The second-order valence-electron chi connectivity index (χ2n) is 4.05. The number of para-hydroxylation sites is 2. The highest BCUT2D eigenvalue weighted by atomic mass is 16.6. The number of hydrogen-bond donors (Lipinski definition) is 0. The minimum Gasteiger partial charge on any atom is -0.461 e. The van der Waals surface area contributed by atoms with Crippen LogP contribution < -0.4 is 0 Å². The maximum Gasteiger partial charge on any atom is 0.357 e. The van der Waals surface area contributed by atoms with E-state index in [4.69, 9.17) is 4.74 Å². The van der Waals surface area contributed by atoms with Gasteiger partial charge in [0.2, 0.25) is 0 Å². The van der Waals surface area contributed by atoms with Gasteiger partial charge in [0.25, 0.3) is 5.69 Å². The Morgan fingerprint density at radius 1 is 1.45 bits per heavy atom. The standard InChI is InChI=1S/C13H13N3O4/c1-3-20-13(17)12-8-9(2)14-15(12)10-6-4-5-7-11(10)16(18)19/h4-8H,3H2,1-2H3. The fourth-order valence-electron chi connectivity index (χ4n) is 1.83. The van der Waals surface area contributed by atoms with E-state index in [1.165, 1.54) is 22.9 Å². The SMILES string of the molecule is CCOC(=O)c1cc(C)nn1-c1ccccc1[N+](=O)[O-]. The molecule has 1 aromatic carbocycles. The predicted molar refractivity (Wildman–Crippen MR) is 70.9 cm³/mol. The number of esters is 1. The van der Waals surface area contributed by atoms with Crippen LogP contribution in [0.3, 0.4) is 0 Å². The maximum atomic E-state index is 11.9. The monoisotopic (exact) mass is 275 g/mol. The van der Waals surface area contributed by atoms with Crippen LogP contribution in [-0.2, 0) is 4.74 Å². The third kappa shape index (κ3) is 2.51. The van der Waals surface area contributed by atoms with Crippen molar-refractivity contribution in [2.45, 2.75) is 13.8 Å². The first-order valence-corrected chi connectivity index (χ1v) is 6.02. The molecule has 2 rings (SSSR count). The van der Waals surface area contributed by atoms with Crippen LogP contribution in [0.5, 0.6) is 0 Å². The van der Waals surface area contributed by atoms with E-state index in [1.54, 1.807) is 26.0 Å². The van der Waals surface area contributed by atoms with Gasteiger partial charge in [-0.25, -0.2) is 9.48 Å². The Morgan fingerprint density at radius 3 is 2.80 bits per heavy atom. The number of hydrogen-bond acceptors (Lipinski definition) is 5. The van der Waals surface area contributed by atoms with Crippen molar-refractivity contribution in [3.05, 3.63) is 51.8 Å². The summed E-state index contributed by atoms with van der Waals surface area (Å²) in [4.78, 5) is 22.4. The van der Waals surface area contributed by atoms with Gasteiger partial charge in [0, 0.05) is 6.07 Å². The molecule has 104 valence electrons. The summed E-state index contributed by atoms with van der Waals surface area (Å²) in [5, 5.41) is 15.2. The zero-order valence-corrected chi connectivity index (χ0v) is 11.1. The molecular weight excluding hydrogens is 262 g/mol. The number of aromatic nitrogens is 2. The lowest BCUT2D eigenvalue weighted by molar-refractivity contribution is -0.384. The van der Waals surface area contributed by atoms with Gasteiger partial charge in [-0.1, -0.05) is 12.1 Å². The van der Waals surface area contributed by atoms with Crippen LogP contribution in [0, 0.1) is 17.0 Å². The number of ether oxygens (including phenoxy) is 1. The summed E-state index contributed by atoms with van der Waals surface area (Å²) in [6.45, 7) is 3.62. The predicted octanol–water partition coefficient (Wildman–Crippen LogP) is 2.27. The number of carbonyl (C=O) groups excluding carboxylic acids is 1. The summed E-state index contributed by atoms with van der Waals surface area (Å²) in [5.41, 5.74) is 0.847. The Labute approximate surface area is 114 Å². The highest BCUT2D eigenvalue weighted by Crippen LogP contribution is 2.23. The van der Waals surface area contributed by atoms with E-state index in [9.17, 15) is 14.9 Å². The van der Waals surface area contributed by atoms with E-state index in [-0.39, 0.29) is 23.7 Å². The summed E-state index contributed by atoms with van der Waals surface area (Å²) in [5.74, 6) is -0.564. The smallest absolute Gasteiger partial charge is 0.357 e. The summed E-state index contributed by atoms with van der Waals surface area (Å²) >= 11 is 0. The van der Waals surface area contributed by atoms with Crippen molar-refractivity contribution in [1.82, 2.24) is 9.78 Å². The minimum atomic E-state index is -0.564. The molecule has 0 radical (unpaired) electrons. The molecule has 0 N–H and O–H groups in total. The Balaban J connectivity index is 2.59. The number of nitrogens with zero attached hydrogens (tertiary/aromatic N) is 3. The summed E-state index contributed by atoms with van der Waals surface area (Å²) in [6.07, 6.45) is 0. The molecule has 0 amide bonds. The molecule has 7 heteroatoms. The van der Waals surface area contributed by atoms with E-state index < -0.39 is 10.9 Å². The third-order valence-electron chi connectivity index (χ3n) is 2.62. The Kier molecular flexibility index (Phi) is 3.79. The van der Waals surface area contributed by atoms with Crippen molar-refractivity contribution in [2.75, 3.05) is 6.61 Å². The van der Waals surface area contributed by atoms with Crippen LogP contribution in [0.2, 0.25) is 0 Å². The second kappa shape index (κ2) is 5.52. The summed E-state index contributed by atoms with van der Waals surface area (Å²) in [6, 6.07) is 7.64. The average molecular weight is 275 g/mol. The van der Waals surface area contributed by atoms with E-state index in [0.29, 0.717) is 5.69 Å². The first-order chi connectivity index (χ1) is 9.54. The van der Waals surface area contributed by atoms with Crippen LogP contribution in [0.25, 0.3) is 5.69 Å². The molecule has 0 fully saturated rings. The number of nitro groups is 1. The molecule has 7 nitrogen and oxygen atoms in total. The van der Waals surface area contributed by atoms with Crippen molar-refractivity contribution >= 4 is 11.7 Å². The molecule has 0 bridgehead atoms. The second-order valence-corrected chi connectivity index (χ2v) is 4.05. The molecule has 0 saturated heterocycles. The number of benzene rings is 1. The quantitative estimate of drug-likeness (QED) is 0.485. The van der Waals surface area contributed by atoms with Crippen molar-refractivity contribution < 1.29 is 14.5 Å². The van der Waals surface area contributed by atoms with Crippen LogP contribution in [-0.4, -0.2) is 27.3 Å². The van der Waals surface area contributed by atoms with Gasteiger partial charge in [-0.2, -0.15) is 5.10 Å². The van der Waals surface area contributed by atoms with E-state index >= 15 is 0 Å². The van der Waals surface area contributed by atoms with E-state index in [1.807, 2.05) is 0 Å². The molecule has 0 aliphatic rings. The molecule has 2 aromatic rings. The van der Waals surface area contributed by atoms with Crippen molar-refractivity contribution in [2.24, 2.45) is 0 Å². The van der Waals surface area contributed by atoms with Gasteiger partial charge < -0.3 is 4.74 Å². The van der Waals surface area contributed by atoms with Crippen molar-refractivity contribution in [3.8, 4) is 5.69 Å². The van der Waals surface area contributed by atoms with Crippen LogP contribution >= 0.6 is 0 Å². The van der Waals surface area contributed by atoms with E-state index in [0.717, 1.165) is 0 Å². The van der Waals surface area contributed by atoms with Crippen LogP contribution in [0.4, 0.5) is 5.69 Å². The van der Waals surface area contributed by atoms with Gasteiger partial charge in [-0.3, -0.25) is 10.1 Å². The minimum absolute atomic E-state index is 0.124. The van der Waals surface area contributed by atoms with Crippen molar-refractivity contribution in [1.29, 1.82) is 0 Å². The molecule has 0 aliphatic carbocycles. The maximum absolute atomic E-state index is 11.9. The fraction of sp³-hybridized carbons (Fsp3) is 0.231. The van der Waals surface area contributed by atoms with Gasteiger partial charge in [-0.05, 0) is 26.0 Å². The topological polar surface area (TPSA) is 87.3 Å². The van der Waals surface area contributed by atoms with Crippen molar-refractivity contribution in [3.63, 3.8) is 0 Å². The molecule has 1 aromatic heterocycles. The number of nitro benzene ring substituents is 1. The third-order valence-corrected chi connectivity index (χ3v) is 2.62. The Hall–Kier alpha value is -2.70. The largest absolute Gasteiger partial charge is 0.461 e. The molecule has 0 saturated carbocycles. The molecule has 0 unspecified atom stereocenters. The lowest BCUT2D eigenvalue weighted by atomic mass is 10.2. The molecule has 0 atom stereocenters. The number of aryl methyl sites for hydroxylation is 1. The summed E-state index contributed by atoms with van der Waals surface area (Å²) in [7, 11) is 0. The molecule has 20 heavy (non-hydrogen) atoms. The van der Waals surface area contributed by atoms with Crippen LogP contribution in [0.1, 0.15) is 23.1 Å². The lowest BCUT2D eigenvalue weighted by Crippen LogP contribution is -2.13. The zero-order chi connectivity index (χ0) is 14.7. The van der Waals surface area contributed by atoms with Gasteiger partial charge >= 0.3 is 5.97 Å². The van der Waals surface area contributed by atoms with Gasteiger partial charge in [-0.15, -0.1) is 0 Å². The van der Waals surface area contributed by atoms with Gasteiger partial charge in [0.15, 0.2) is 5.69 Å². The molecule has 0 spiro atoms. The highest BCUT2D eigenvalue weighted by molar-refractivity contribution is 5.88. The Bertz CT molecular complexity index is 663. The normalized spacial score (nSPS) is 10.3. The Morgan fingerprint density at radius 2 is 2.15 bits per heavy atom. The van der Waals surface area contributed by atoms with E-state index in [2.05, 4.69) is 5.10 Å². The summed E-state index contributed by atoms with van der Waals surface area (Å²) < 4.78 is 6.18. The first-order valence-electron chi connectivity index (χ1n) is 6.02.